The molecule has 1 heterocycles. The molecule has 102 valence electrons. The van der Waals surface area contributed by atoms with E-state index >= 15 is 0 Å². The van der Waals surface area contributed by atoms with Gasteiger partial charge in [-0.05, 0) is 24.6 Å². The number of benzene rings is 1. The van der Waals surface area contributed by atoms with Gasteiger partial charge in [0.1, 0.15) is 5.82 Å². The normalized spacial score (nSPS) is 11.7. The van der Waals surface area contributed by atoms with Crippen molar-refractivity contribution in [3.8, 4) is 0 Å². The lowest BCUT2D eigenvalue weighted by atomic mass is 10.2. The Hall–Kier alpha value is -1.51. The van der Waals surface area contributed by atoms with Crippen molar-refractivity contribution in [3.05, 3.63) is 41.3 Å². The number of nitrogens with zero attached hydrogens (tertiary/aromatic N) is 1. The lowest BCUT2D eigenvalue weighted by molar-refractivity contribution is 0.581. The molecule has 8 heteroatoms. The molecule has 0 saturated heterocycles. The minimum absolute atomic E-state index is 0.0112. The van der Waals surface area contributed by atoms with Crippen molar-refractivity contribution in [3.63, 3.8) is 0 Å². The minimum atomic E-state index is -3.68. The van der Waals surface area contributed by atoms with Crippen LogP contribution in [-0.2, 0) is 16.6 Å². The van der Waals surface area contributed by atoms with Crippen LogP contribution in [0.4, 0.5) is 9.52 Å². The van der Waals surface area contributed by atoms with E-state index in [0.717, 1.165) is 11.3 Å². The van der Waals surface area contributed by atoms with Crippen molar-refractivity contribution < 1.29 is 12.8 Å². The van der Waals surface area contributed by atoms with Gasteiger partial charge in [-0.3, -0.25) is 0 Å². The van der Waals surface area contributed by atoms with Crippen molar-refractivity contribution in [2.45, 2.75) is 17.7 Å². The Bertz CT molecular complexity index is 698. The van der Waals surface area contributed by atoms with E-state index in [2.05, 4.69) is 9.71 Å². The van der Waals surface area contributed by atoms with Gasteiger partial charge in [0.2, 0.25) is 0 Å². The smallest absolute Gasteiger partial charge is 0.252 e. The number of nitrogens with one attached hydrogen (secondary N) is 1. The summed E-state index contributed by atoms with van der Waals surface area (Å²) < 4.78 is 39.5. The summed E-state index contributed by atoms with van der Waals surface area (Å²) in [7, 11) is -3.68. The zero-order valence-electron chi connectivity index (χ0n) is 10.1. The second-order valence-corrected chi connectivity index (χ2v) is 6.87. The fourth-order valence-corrected chi connectivity index (χ4v) is 3.90. The number of hydrogen-bond acceptors (Lipinski definition) is 5. The molecule has 0 aliphatic rings. The van der Waals surface area contributed by atoms with E-state index < -0.39 is 15.8 Å². The number of hydrogen-bond donors (Lipinski definition) is 2. The van der Waals surface area contributed by atoms with Crippen LogP contribution in [0.2, 0.25) is 0 Å². The van der Waals surface area contributed by atoms with Crippen molar-refractivity contribution >= 4 is 26.5 Å². The van der Waals surface area contributed by atoms with Gasteiger partial charge in [0.15, 0.2) is 9.34 Å². The van der Waals surface area contributed by atoms with Crippen molar-refractivity contribution in [2.75, 3.05) is 5.73 Å². The summed E-state index contributed by atoms with van der Waals surface area (Å²) in [5.74, 6) is -0.407. The second kappa shape index (κ2) is 5.24. The monoisotopic (exact) mass is 301 g/mol. The predicted octanol–water partition coefficient (Wildman–Crippen LogP) is 1.65. The quantitative estimate of drug-likeness (QED) is 0.899. The molecular formula is C11H12FN3O2S2. The molecule has 0 saturated carbocycles. The number of halogens is 1. The largest absolute Gasteiger partial charge is 0.375 e. The van der Waals surface area contributed by atoms with Gasteiger partial charge in [0.25, 0.3) is 10.0 Å². The highest BCUT2D eigenvalue weighted by molar-refractivity contribution is 7.91. The van der Waals surface area contributed by atoms with Gasteiger partial charge in [-0.2, -0.15) is 0 Å². The number of thiazole rings is 1. The lowest BCUT2D eigenvalue weighted by Gasteiger charge is -2.05. The van der Waals surface area contributed by atoms with E-state index in [-0.39, 0.29) is 15.9 Å². The summed E-state index contributed by atoms with van der Waals surface area (Å²) in [6, 6.07) is 5.73. The van der Waals surface area contributed by atoms with Crippen molar-refractivity contribution in [1.29, 1.82) is 0 Å². The maximum absolute atomic E-state index is 13.0. The first-order valence-corrected chi connectivity index (χ1v) is 7.65. The number of sulfonamides is 1. The van der Waals surface area contributed by atoms with E-state index in [4.69, 9.17) is 5.73 Å². The summed E-state index contributed by atoms with van der Waals surface area (Å²) >= 11 is 0.902. The number of anilines is 1. The van der Waals surface area contributed by atoms with Gasteiger partial charge in [-0.15, -0.1) is 0 Å². The highest BCUT2D eigenvalue weighted by Gasteiger charge is 2.20. The molecule has 1 aromatic heterocycles. The molecule has 5 nitrogen and oxygen atoms in total. The third-order valence-electron chi connectivity index (χ3n) is 2.37. The molecule has 1 aromatic carbocycles. The van der Waals surface area contributed by atoms with Gasteiger partial charge in [-0.25, -0.2) is 22.5 Å². The Morgan fingerprint density at radius 2 is 2.21 bits per heavy atom. The fraction of sp³-hybridized carbons (Fsp3) is 0.182. The van der Waals surface area contributed by atoms with E-state index in [1.165, 1.54) is 18.2 Å². The predicted molar refractivity (Wildman–Crippen MR) is 71.7 cm³/mol. The number of rotatable bonds is 4. The molecule has 0 amide bonds. The molecule has 0 aliphatic heterocycles. The average molecular weight is 301 g/mol. The summed E-state index contributed by atoms with van der Waals surface area (Å²) in [5.41, 5.74) is 6.37. The maximum Gasteiger partial charge on any atom is 0.252 e. The van der Waals surface area contributed by atoms with Crippen LogP contribution in [0.25, 0.3) is 0 Å². The Labute approximate surface area is 114 Å². The first kappa shape index (κ1) is 13.9. The number of nitrogens with two attached hydrogens (primary N) is 1. The molecule has 3 N–H and O–H groups in total. The van der Waals surface area contributed by atoms with Crippen LogP contribution in [0.3, 0.4) is 0 Å². The first-order valence-electron chi connectivity index (χ1n) is 5.35. The zero-order chi connectivity index (χ0) is 14.0. The molecule has 0 unspecified atom stereocenters. The van der Waals surface area contributed by atoms with E-state index in [1.807, 2.05) is 0 Å². The van der Waals surface area contributed by atoms with Crippen LogP contribution in [0, 0.1) is 12.7 Å². The third kappa shape index (κ3) is 3.28. The zero-order valence-corrected chi connectivity index (χ0v) is 11.7. The molecule has 0 fully saturated rings. The summed E-state index contributed by atoms with van der Waals surface area (Å²) in [4.78, 5) is 3.86. The summed E-state index contributed by atoms with van der Waals surface area (Å²) in [6.07, 6.45) is 0. The van der Waals surface area contributed by atoms with Crippen LogP contribution in [0.5, 0.6) is 0 Å². The molecule has 2 aromatic rings. The standard InChI is InChI=1S/C11H12FN3O2S2/c1-7-10(18-11(13)15-7)19(16,17)14-6-8-3-2-4-9(12)5-8/h2-5,14H,6H2,1H3,(H2,13,15). The van der Waals surface area contributed by atoms with Gasteiger partial charge in [-0.1, -0.05) is 23.5 Å². The minimum Gasteiger partial charge on any atom is -0.375 e. The van der Waals surface area contributed by atoms with Crippen LogP contribution < -0.4 is 10.5 Å². The van der Waals surface area contributed by atoms with Gasteiger partial charge in [0, 0.05) is 6.54 Å². The lowest BCUT2D eigenvalue weighted by Crippen LogP contribution is -2.23. The van der Waals surface area contributed by atoms with Crippen LogP contribution >= 0.6 is 11.3 Å². The van der Waals surface area contributed by atoms with Crippen molar-refractivity contribution in [2.24, 2.45) is 0 Å². The SMILES string of the molecule is Cc1nc(N)sc1S(=O)(=O)NCc1cccc(F)c1. The fourth-order valence-electron chi connectivity index (χ4n) is 1.54. The van der Waals surface area contributed by atoms with Gasteiger partial charge >= 0.3 is 0 Å². The van der Waals surface area contributed by atoms with Gasteiger partial charge in [0.05, 0.1) is 5.69 Å². The molecule has 2 rings (SSSR count). The summed E-state index contributed by atoms with van der Waals surface area (Å²) in [6.45, 7) is 1.58. The molecule has 0 radical (unpaired) electrons. The average Bonchev–Trinajstić information content (AvgIpc) is 2.67. The maximum atomic E-state index is 13.0. The molecule has 0 bridgehead atoms. The van der Waals surface area contributed by atoms with Gasteiger partial charge < -0.3 is 5.73 Å². The Kier molecular flexibility index (Phi) is 3.83. The van der Waals surface area contributed by atoms with E-state index in [1.54, 1.807) is 13.0 Å². The number of aromatic nitrogens is 1. The van der Waals surface area contributed by atoms with Crippen LogP contribution in [-0.4, -0.2) is 13.4 Å². The third-order valence-corrected chi connectivity index (χ3v) is 5.37. The highest BCUT2D eigenvalue weighted by Crippen LogP contribution is 2.24. The summed E-state index contributed by atoms with van der Waals surface area (Å²) in [5, 5.41) is 0.198. The number of aryl methyl sites for hydroxylation is 1. The molecular weight excluding hydrogens is 289 g/mol. The Balaban J connectivity index is 2.16. The molecule has 0 aliphatic carbocycles. The Morgan fingerprint density at radius 1 is 1.47 bits per heavy atom. The molecule has 0 spiro atoms. The van der Waals surface area contributed by atoms with E-state index in [0.29, 0.717) is 11.3 Å². The topological polar surface area (TPSA) is 85.1 Å². The second-order valence-electron chi connectivity index (χ2n) is 3.88. The van der Waals surface area contributed by atoms with Crippen LogP contribution in [0.15, 0.2) is 28.5 Å². The van der Waals surface area contributed by atoms with Crippen LogP contribution in [0.1, 0.15) is 11.3 Å². The first-order chi connectivity index (χ1) is 8.88. The number of nitrogen functional groups attached to an aromatic ring is 1. The molecule has 19 heavy (non-hydrogen) atoms. The Morgan fingerprint density at radius 3 is 2.79 bits per heavy atom. The van der Waals surface area contributed by atoms with Crippen molar-refractivity contribution in [1.82, 2.24) is 9.71 Å². The molecule has 0 atom stereocenters. The van der Waals surface area contributed by atoms with E-state index in [9.17, 15) is 12.8 Å². The highest BCUT2D eigenvalue weighted by atomic mass is 32.2.